The number of hydrogen-bond acceptors (Lipinski definition) is 1. The fourth-order valence-electron chi connectivity index (χ4n) is 3.13. The van der Waals surface area contributed by atoms with Crippen molar-refractivity contribution in [2.75, 3.05) is 0 Å². The molecule has 0 spiro atoms. The van der Waals surface area contributed by atoms with Gasteiger partial charge in [0, 0.05) is 6.04 Å². The van der Waals surface area contributed by atoms with Crippen molar-refractivity contribution in [2.45, 2.75) is 44.6 Å². The molecular formula is C11H19N. The molecule has 0 amide bonds. The van der Waals surface area contributed by atoms with E-state index in [2.05, 4.69) is 0 Å². The van der Waals surface area contributed by atoms with E-state index < -0.39 is 0 Å². The molecule has 68 valence electrons. The van der Waals surface area contributed by atoms with Gasteiger partial charge in [-0.3, -0.25) is 0 Å². The summed E-state index contributed by atoms with van der Waals surface area (Å²) >= 11 is 0. The quantitative estimate of drug-likeness (QED) is 0.681. The maximum atomic E-state index is 6.12. The highest BCUT2D eigenvalue weighted by Crippen LogP contribution is 2.55. The lowest BCUT2D eigenvalue weighted by Crippen LogP contribution is -2.25. The first-order chi connectivity index (χ1) is 5.83. The van der Waals surface area contributed by atoms with Gasteiger partial charge in [-0.05, 0) is 62.2 Å². The molecule has 3 atom stereocenters. The van der Waals surface area contributed by atoms with Gasteiger partial charge < -0.3 is 5.73 Å². The van der Waals surface area contributed by atoms with E-state index >= 15 is 0 Å². The second-order valence-corrected chi connectivity index (χ2v) is 5.33. The monoisotopic (exact) mass is 165 g/mol. The summed E-state index contributed by atoms with van der Waals surface area (Å²) in [5, 5.41) is 0. The summed E-state index contributed by atoms with van der Waals surface area (Å²) in [6, 6.07) is 0.562. The molecule has 3 aliphatic carbocycles. The highest BCUT2D eigenvalue weighted by Gasteiger charge is 2.46. The van der Waals surface area contributed by atoms with Crippen molar-refractivity contribution in [1.82, 2.24) is 0 Å². The van der Waals surface area contributed by atoms with Gasteiger partial charge in [-0.1, -0.05) is 0 Å². The molecule has 0 aromatic rings. The zero-order valence-corrected chi connectivity index (χ0v) is 7.71. The van der Waals surface area contributed by atoms with Gasteiger partial charge in [-0.15, -0.1) is 0 Å². The Balaban J connectivity index is 1.48. The van der Waals surface area contributed by atoms with Crippen LogP contribution in [0.25, 0.3) is 0 Å². The summed E-state index contributed by atoms with van der Waals surface area (Å²) in [6.07, 6.45) is 8.77. The molecule has 1 heteroatoms. The van der Waals surface area contributed by atoms with Crippen LogP contribution in [0.4, 0.5) is 0 Å². The third-order valence-electron chi connectivity index (χ3n) is 4.17. The van der Waals surface area contributed by atoms with Crippen molar-refractivity contribution in [2.24, 2.45) is 29.4 Å². The van der Waals surface area contributed by atoms with Crippen LogP contribution in [0.1, 0.15) is 38.5 Å². The summed E-state index contributed by atoms with van der Waals surface area (Å²) in [5.74, 6) is 4.22. The van der Waals surface area contributed by atoms with Gasteiger partial charge in [0.2, 0.25) is 0 Å². The minimum atomic E-state index is 0.562. The zero-order chi connectivity index (χ0) is 8.13. The van der Waals surface area contributed by atoms with Crippen molar-refractivity contribution in [3.8, 4) is 0 Å². The van der Waals surface area contributed by atoms with Gasteiger partial charge in [-0.25, -0.2) is 0 Å². The molecule has 1 nitrogen and oxygen atoms in total. The normalized spacial score (nSPS) is 47.2. The zero-order valence-electron chi connectivity index (χ0n) is 7.71. The minimum absolute atomic E-state index is 0.562. The molecule has 0 bridgehead atoms. The van der Waals surface area contributed by atoms with Crippen LogP contribution in [-0.4, -0.2) is 6.04 Å². The Morgan fingerprint density at radius 3 is 2.33 bits per heavy atom. The predicted molar refractivity (Wildman–Crippen MR) is 49.6 cm³/mol. The van der Waals surface area contributed by atoms with E-state index in [1.165, 1.54) is 32.1 Å². The molecular weight excluding hydrogens is 146 g/mol. The standard InChI is InChI=1S/C11H19N/c12-11(8-1-2-8)5-7-3-9-6-10(9)4-7/h7-11H,1-6,12H2. The predicted octanol–water partition coefficient (Wildman–Crippen LogP) is 2.16. The summed E-state index contributed by atoms with van der Waals surface area (Å²) in [6.45, 7) is 0. The number of nitrogens with two attached hydrogens (primary N) is 1. The van der Waals surface area contributed by atoms with Crippen molar-refractivity contribution in [3.05, 3.63) is 0 Å². The van der Waals surface area contributed by atoms with Gasteiger partial charge in [0.25, 0.3) is 0 Å². The van der Waals surface area contributed by atoms with Gasteiger partial charge in [0.1, 0.15) is 0 Å². The average Bonchev–Trinajstić information content (AvgIpc) is 2.90. The molecule has 12 heavy (non-hydrogen) atoms. The lowest BCUT2D eigenvalue weighted by atomic mass is 9.93. The van der Waals surface area contributed by atoms with Crippen LogP contribution in [0, 0.1) is 23.7 Å². The van der Waals surface area contributed by atoms with E-state index in [1.54, 1.807) is 6.42 Å². The molecule has 3 unspecified atom stereocenters. The minimum Gasteiger partial charge on any atom is -0.327 e. The van der Waals surface area contributed by atoms with Crippen LogP contribution < -0.4 is 5.73 Å². The topological polar surface area (TPSA) is 26.0 Å². The second kappa shape index (κ2) is 2.47. The first-order valence-electron chi connectivity index (χ1n) is 5.58. The smallest absolute Gasteiger partial charge is 0.00698 e. The maximum absolute atomic E-state index is 6.12. The van der Waals surface area contributed by atoms with E-state index in [9.17, 15) is 0 Å². The number of fused-ring (bicyclic) bond motifs is 1. The fraction of sp³-hybridized carbons (Fsp3) is 1.00. The first kappa shape index (κ1) is 7.37. The molecule has 3 aliphatic rings. The molecule has 0 aromatic carbocycles. The van der Waals surface area contributed by atoms with Crippen LogP contribution >= 0.6 is 0 Å². The SMILES string of the molecule is NC(CC1CC2CC2C1)C1CC1. The largest absolute Gasteiger partial charge is 0.327 e. The molecule has 0 aromatic heterocycles. The lowest BCUT2D eigenvalue weighted by Gasteiger charge is -2.16. The van der Waals surface area contributed by atoms with Crippen LogP contribution in [0.3, 0.4) is 0 Å². The molecule has 2 N–H and O–H groups in total. The van der Waals surface area contributed by atoms with Crippen molar-refractivity contribution < 1.29 is 0 Å². The Bertz CT molecular complexity index is 175. The molecule has 0 saturated heterocycles. The van der Waals surface area contributed by atoms with Crippen LogP contribution in [0.5, 0.6) is 0 Å². The lowest BCUT2D eigenvalue weighted by molar-refractivity contribution is 0.387. The van der Waals surface area contributed by atoms with E-state index in [1.807, 2.05) is 0 Å². The second-order valence-electron chi connectivity index (χ2n) is 5.33. The van der Waals surface area contributed by atoms with Crippen molar-refractivity contribution in [1.29, 1.82) is 0 Å². The Hall–Kier alpha value is -0.0400. The number of rotatable bonds is 3. The van der Waals surface area contributed by atoms with E-state index in [4.69, 9.17) is 5.73 Å². The molecule has 0 aliphatic heterocycles. The third kappa shape index (κ3) is 1.28. The summed E-state index contributed by atoms with van der Waals surface area (Å²) in [4.78, 5) is 0. The summed E-state index contributed by atoms with van der Waals surface area (Å²) < 4.78 is 0. The van der Waals surface area contributed by atoms with E-state index in [0.29, 0.717) is 6.04 Å². The molecule has 0 radical (unpaired) electrons. The highest BCUT2D eigenvalue weighted by atomic mass is 14.7. The number of hydrogen-bond donors (Lipinski definition) is 1. The van der Waals surface area contributed by atoms with Crippen molar-refractivity contribution in [3.63, 3.8) is 0 Å². The van der Waals surface area contributed by atoms with Gasteiger partial charge in [0.05, 0.1) is 0 Å². The molecule has 3 saturated carbocycles. The third-order valence-corrected chi connectivity index (χ3v) is 4.17. The molecule has 3 fully saturated rings. The summed E-state index contributed by atoms with van der Waals surface area (Å²) in [5.41, 5.74) is 6.12. The van der Waals surface area contributed by atoms with Gasteiger partial charge in [0.15, 0.2) is 0 Å². The first-order valence-corrected chi connectivity index (χ1v) is 5.58. The Kier molecular flexibility index (Phi) is 1.52. The average molecular weight is 165 g/mol. The van der Waals surface area contributed by atoms with E-state index in [-0.39, 0.29) is 0 Å². The Morgan fingerprint density at radius 1 is 1.08 bits per heavy atom. The Morgan fingerprint density at radius 2 is 1.75 bits per heavy atom. The van der Waals surface area contributed by atoms with E-state index in [0.717, 1.165) is 23.7 Å². The summed E-state index contributed by atoms with van der Waals surface area (Å²) in [7, 11) is 0. The van der Waals surface area contributed by atoms with Crippen molar-refractivity contribution >= 4 is 0 Å². The van der Waals surface area contributed by atoms with Gasteiger partial charge in [-0.2, -0.15) is 0 Å². The van der Waals surface area contributed by atoms with Crippen LogP contribution in [-0.2, 0) is 0 Å². The molecule has 0 heterocycles. The van der Waals surface area contributed by atoms with Crippen LogP contribution in [0.15, 0.2) is 0 Å². The van der Waals surface area contributed by atoms with Gasteiger partial charge >= 0.3 is 0 Å². The maximum Gasteiger partial charge on any atom is 0.00698 e. The van der Waals surface area contributed by atoms with Crippen LogP contribution in [0.2, 0.25) is 0 Å². The highest BCUT2D eigenvalue weighted by molar-refractivity contribution is 4.97. The fourth-order valence-corrected chi connectivity index (χ4v) is 3.13. The Labute approximate surface area is 74.7 Å². The molecule has 3 rings (SSSR count).